The molecular weight excluding hydrogens is 531 g/mol. The Morgan fingerprint density at radius 1 is 1.21 bits per heavy atom. The van der Waals surface area contributed by atoms with E-state index in [1.165, 1.54) is 18.4 Å². The predicted molar refractivity (Wildman–Crippen MR) is 140 cm³/mol. The fraction of sp³-hybridized carbons (Fsp3) is 0.478. The fourth-order valence-corrected chi connectivity index (χ4v) is 4.90. The summed E-state index contributed by atoms with van der Waals surface area (Å²) in [5, 5.41) is 15.6. The SMILES string of the molecule is CN=C(NCCNc1ncnc2c1cnn2C)NC1CC2(CCCC2)Oc2ccccc21.I. The van der Waals surface area contributed by atoms with Crippen LogP contribution in [0.4, 0.5) is 5.82 Å². The van der Waals surface area contributed by atoms with Crippen LogP contribution in [0.5, 0.6) is 5.75 Å². The average molecular weight is 562 g/mol. The Morgan fingerprint density at radius 2 is 2.03 bits per heavy atom. The Balaban J connectivity index is 0.00000259. The topological polar surface area (TPSA) is 101 Å². The van der Waals surface area contributed by atoms with Crippen molar-refractivity contribution in [3.05, 3.63) is 42.4 Å². The van der Waals surface area contributed by atoms with E-state index in [1.54, 1.807) is 17.2 Å². The van der Waals surface area contributed by atoms with Crippen LogP contribution < -0.4 is 20.7 Å². The summed E-state index contributed by atoms with van der Waals surface area (Å²) >= 11 is 0. The molecule has 1 aliphatic heterocycles. The van der Waals surface area contributed by atoms with Crippen molar-refractivity contribution >= 4 is 46.8 Å². The number of anilines is 1. The van der Waals surface area contributed by atoms with E-state index >= 15 is 0 Å². The lowest BCUT2D eigenvalue weighted by Crippen LogP contribution is -2.47. The van der Waals surface area contributed by atoms with E-state index in [9.17, 15) is 0 Å². The summed E-state index contributed by atoms with van der Waals surface area (Å²) in [5.41, 5.74) is 1.96. The quantitative estimate of drug-likeness (QED) is 0.190. The minimum absolute atomic E-state index is 0. The van der Waals surface area contributed by atoms with Gasteiger partial charge >= 0.3 is 0 Å². The van der Waals surface area contributed by atoms with Crippen molar-refractivity contribution in [1.82, 2.24) is 30.4 Å². The zero-order chi connectivity index (χ0) is 22.0. The van der Waals surface area contributed by atoms with Crippen LogP contribution in [0.2, 0.25) is 0 Å². The van der Waals surface area contributed by atoms with E-state index in [0.29, 0.717) is 13.1 Å². The number of halogens is 1. The molecule has 0 amide bonds. The smallest absolute Gasteiger partial charge is 0.191 e. The summed E-state index contributed by atoms with van der Waals surface area (Å²) in [6.45, 7) is 1.39. The molecule has 1 aliphatic carbocycles. The summed E-state index contributed by atoms with van der Waals surface area (Å²) < 4.78 is 8.23. The first kappa shape index (κ1) is 23.5. The van der Waals surface area contributed by atoms with Gasteiger partial charge in [0.1, 0.15) is 23.5 Å². The lowest BCUT2D eigenvalue weighted by molar-refractivity contribution is 0.0396. The van der Waals surface area contributed by atoms with Gasteiger partial charge in [-0.05, 0) is 31.7 Å². The largest absolute Gasteiger partial charge is 0.487 e. The summed E-state index contributed by atoms with van der Waals surface area (Å²) in [6.07, 6.45) is 9.02. The summed E-state index contributed by atoms with van der Waals surface area (Å²) in [5.74, 6) is 2.57. The number of para-hydroxylation sites is 1. The molecule has 1 spiro atoms. The fourth-order valence-electron chi connectivity index (χ4n) is 4.90. The van der Waals surface area contributed by atoms with Gasteiger partial charge in [0.05, 0.1) is 17.6 Å². The van der Waals surface area contributed by atoms with Gasteiger partial charge in [-0.1, -0.05) is 18.2 Å². The Hall–Kier alpha value is -2.63. The maximum Gasteiger partial charge on any atom is 0.191 e. The molecule has 0 bridgehead atoms. The molecule has 2 aromatic heterocycles. The van der Waals surface area contributed by atoms with Gasteiger partial charge in [0.25, 0.3) is 0 Å². The monoisotopic (exact) mass is 562 g/mol. The standard InChI is InChI=1S/C23H30N8O.HI/c1-24-22(26-12-11-25-20-17-14-29-31(2)21(17)28-15-27-20)30-18-13-23(9-5-6-10-23)32-19-8-4-3-7-16(18)19;/h3-4,7-8,14-15,18H,5-6,9-13H2,1-2H3,(H2,24,26,30)(H,25,27,28);1H. The molecular formula is C23H31IN8O. The maximum atomic E-state index is 6.48. The van der Waals surface area contributed by atoms with Crippen molar-refractivity contribution in [2.75, 3.05) is 25.5 Å². The molecule has 0 saturated heterocycles. The van der Waals surface area contributed by atoms with E-state index in [2.05, 4.69) is 60.3 Å². The van der Waals surface area contributed by atoms with Gasteiger partial charge in [-0.2, -0.15) is 5.10 Å². The highest BCUT2D eigenvalue weighted by molar-refractivity contribution is 14.0. The molecule has 1 saturated carbocycles. The minimum atomic E-state index is -0.0471. The third-order valence-electron chi connectivity index (χ3n) is 6.49. The molecule has 3 heterocycles. The first-order chi connectivity index (χ1) is 15.7. The highest BCUT2D eigenvalue weighted by atomic mass is 127. The molecule has 0 radical (unpaired) electrons. The molecule has 1 aromatic carbocycles. The van der Waals surface area contributed by atoms with Gasteiger partial charge in [-0.25, -0.2) is 9.97 Å². The van der Waals surface area contributed by atoms with Gasteiger partial charge in [-0.3, -0.25) is 9.67 Å². The van der Waals surface area contributed by atoms with Gasteiger partial charge in [0.2, 0.25) is 0 Å². The van der Waals surface area contributed by atoms with Crippen LogP contribution in [-0.4, -0.2) is 51.4 Å². The number of fused-ring (bicyclic) bond motifs is 2. The summed E-state index contributed by atoms with van der Waals surface area (Å²) in [4.78, 5) is 13.1. The van der Waals surface area contributed by atoms with Crippen LogP contribution in [0, 0.1) is 0 Å². The van der Waals surface area contributed by atoms with Crippen molar-refractivity contribution in [3.63, 3.8) is 0 Å². The Bertz CT molecular complexity index is 1120. The number of aliphatic imine (C=N–C) groups is 1. The first-order valence-corrected chi connectivity index (χ1v) is 11.3. The Labute approximate surface area is 210 Å². The molecule has 3 N–H and O–H groups in total. The van der Waals surface area contributed by atoms with Crippen molar-refractivity contribution in [1.29, 1.82) is 0 Å². The molecule has 33 heavy (non-hydrogen) atoms. The van der Waals surface area contributed by atoms with Crippen molar-refractivity contribution in [2.45, 2.75) is 43.7 Å². The van der Waals surface area contributed by atoms with Crippen LogP contribution in [0.1, 0.15) is 43.7 Å². The normalized spacial score (nSPS) is 19.0. The third-order valence-corrected chi connectivity index (χ3v) is 6.49. The number of aryl methyl sites for hydroxylation is 1. The van der Waals surface area contributed by atoms with Crippen molar-refractivity contribution < 1.29 is 4.74 Å². The van der Waals surface area contributed by atoms with Crippen LogP contribution in [0.15, 0.2) is 41.8 Å². The molecule has 2 aliphatic rings. The zero-order valence-electron chi connectivity index (χ0n) is 19.0. The number of nitrogens with one attached hydrogen (secondary N) is 3. The zero-order valence-corrected chi connectivity index (χ0v) is 21.4. The number of hydrogen-bond acceptors (Lipinski definition) is 6. The lowest BCUT2D eigenvalue weighted by Gasteiger charge is -2.40. The molecule has 9 nitrogen and oxygen atoms in total. The molecule has 5 rings (SSSR count). The highest BCUT2D eigenvalue weighted by Gasteiger charge is 2.43. The second-order valence-electron chi connectivity index (χ2n) is 8.58. The molecule has 176 valence electrons. The average Bonchev–Trinajstić information content (AvgIpc) is 3.42. The molecule has 1 unspecified atom stereocenters. The summed E-state index contributed by atoms with van der Waals surface area (Å²) in [7, 11) is 3.68. The van der Waals surface area contributed by atoms with E-state index in [4.69, 9.17) is 4.74 Å². The molecule has 10 heteroatoms. The van der Waals surface area contributed by atoms with E-state index < -0.39 is 0 Å². The number of nitrogens with zero attached hydrogens (tertiary/aromatic N) is 5. The van der Waals surface area contributed by atoms with Crippen LogP contribution in [0.25, 0.3) is 11.0 Å². The second-order valence-corrected chi connectivity index (χ2v) is 8.58. The maximum absolute atomic E-state index is 6.48. The van der Waals surface area contributed by atoms with E-state index in [1.807, 2.05) is 14.1 Å². The highest BCUT2D eigenvalue weighted by Crippen LogP contribution is 2.46. The molecule has 1 atom stereocenters. The molecule has 3 aromatic rings. The van der Waals surface area contributed by atoms with Gasteiger partial charge in [0, 0.05) is 39.2 Å². The molecule has 1 fully saturated rings. The van der Waals surface area contributed by atoms with Gasteiger partial charge in [0.15, 0.2) is 11.6 Å². The van der Waals surface area contributed by atoms with Gasteiger partial charge < -0.3 is 20.7 Å². The van der Waals surface area contributed by atoms with Crippen molar-refractivity contribution in [3.8, 4) is 5.75 Å². The number of ether oxygens (including phenoxy) is 1. The second kappa shape index (κ2) is 10.1. The summed E-state index contributed by atoms with van der Waals surface area (Å²) in [6, 6.07) is 8.54. The number of hydrogen-bond donors (Lipinski definition) is 3. The minimum Gasteiger partial charge on any atom is -0.487 e. The predicted octanol–water partition coefficient (Wildman–Crippen LogP) is 3.39. The first-order valence-electron chi connectivity index (χ1n) is 11.3. The number of aromatic nitrogens is 4. The third kappa shape index (κ3) is 4.85. The van der Waals surface area contributed by atoms with E-state index in [0.717, 1.165) is 47.8 Å². The van der Waals surface area contributed by atoms with Crippen LogP contribution >= 0.6 is 24.0 Å². The Kier molecular flexibility index (Phi) is 7.20. The number of benzene rings is 1. The lowest BCUT2D eigenvalue weighted by atomic mass is 9.86. The van der Waals surface area contributed by atoms with E-state index in [-0.39, 0.29) is 35.6 Å². The van der Waals surface area contributed by atoms with Crippen LogP contribution in [0.3, 0.4) is 0 Å². The van der Waals surface area contributed by atoms with Crippen molar-refractivity contribution in [2.24, 2.45) is 12.0 Å². The Morgan fingerprint density at radius 3 is 2.85 bits per heavy atom. The van der Waals surface area contributed by atoms with Gasteiger partial charge in [-0.15, -0.1) is 24.0 Å². The number of guanidine groups is 1. The number of rotatable bonds is 5. The van der Waals surface area contributed by atoms with Crippen LogP contribution in [-0.2, 0) is 7.05 Å².